The monoisotopic (exact) mass is 377 g/mol. The first-order valence-corrected chi connectivity index (χ1v) is 10.1. The van der Waals surface area contributed by atoms with Crippen molar-refractivity contribution < 1.29 is 8.42 Å². The Hall–Kier alpha value is -2.96. The van der Waals surface area contributed by atoms with E-state index in [1.54, 1.807) is 12.1 Å². The number of pyridine rings is 1. The van der Waals surface area contributed by atoms with Gasteiger partial charge in [0.1, 0.15) is 0 Å². The smallest absolute Gasteiger partial charge is 0.258 e. The van der Waals surface area contributed by atoms with E-state index in [0.717, 1.165) is 27.7 Å². The van der Waals surface area contributed by atoms with Crippen molar-refractivity contribution >= 4 is 20.9 Å². The van der Waals surface area contributed by atoms with Crippen LogP contribution in [0.2, 0.25) is 0 Å². The van der Waals surface area contributed by atoms with Gasteiger partial charge in [0.2, 0.25) is 0 Å². The maximum atomic E-state index is 12.9. The molecule has 136 valence electrons. The van der Waals surface area contributed by atoms with E-state index in [9.17, 15) is 8.42 Å². The van der Waals surface area contributed by atoms with Crippen molar-refractivity contribution in [2.45, 2.75) is 18.0 Å². The molecule has 2 aromatic carbocycles. The van der Waals surface area contributed by atoms with Crippen molar-refractivity contribution in [2.75, 3.05) is 0 Å². The molecule has 5 nitrogen and oxygen atoms in total. The standard InChI is InChI=1S/C21H19N3O2S/c1-15-17-11-5-6-12-18(17)23-20(15)21(16-9-3-2-4-10-16)24-27(25,26)19-13-7-8-14-22-19/h2-14,21,23-24H,1H3. The van der Waals surface area contributed by atoms with Crippen molar-refractivity contribution in [3.8, 4) is 0 Å². The van der Waals surface area contributed by atoms with Gasteiger partial charge in [0.05, 0.1) is 6.04 Å². The minimum absolute atomic E-state index is 0.000282. The van der Waals surface area contributed by atoms with Gasteiger partial charge in [0.25, 0.3) is 10.0 Å². The lowest BCUT2D eigenvalue weighted by Crippen LogP contribution is -2.30. The van der Waals surface area contributed by atoms with Crippen LogP contribution in [-0.2, 0) is 10.0 Å². The van der Waals surface area contributed by atoms with Crippen LogP contribution in [0.5, 0.6) is 0 Å². The van der Waals surface area contributed by atoms with Gasteiger partial charge >= 0.3 is 0 Å². The summed E-state index contributed by atoms with van der Waals surface area (Å²) < 4.78 is 28.7. The molecule has 1 unspecified atom stereocenters. The summed E-state index contributed by atoms with van der Waals surface area (Å²) >= 11 is 0. The molecule has 0 fully saturated rings. The minimum atomic E-state index is -3.79. The third kappa shape index (κ3) is 3.37. The number of aryl methyl sites for hydroxylation is 1. The molecule has 2 aromatic heterocycles. The van der Waals surface area contributed by atoms with Crippen molar-refractivity contribution in [3.63, 3.8) is 0 Å². The lowest BCUT2D eigenvalue weighted by atomic mass is 10.0. The molecule has 27 heavy (non-hydrogen) atoms. The summed E-state index contributed by atoms with van der Waals surface area (Å²) in [5, 5.41) is 1.07. The number of H-pyrrole nitrogens is 1. The molecule has 2 N–H and O–H groups in total. The van der Waals surface area contributed by atoms with Crippen LogP contribution in [0.25, 0.3) is 10.9 Å². The van der Waals surface area contributed by atoms with E-state index in [-0.39, 0.29) is 5.03 Å². The number of hydrogen-bond acceptors (Lipinski definition) is 3. The summed E-state index contributed by atoms with van der Waals surface area (Å²) in [6.07, 6.45) is 1.47. The van der Waals surface area contributed by atoms with E-state index >= 15 is 0 Å². The number of nitrogens with zero attached hydrogens (tertiary/aromatic N) is 1. The molecule has 0 saturated carbocycles. The number of aromatic amines is 1. The van der Waals surface area contributed by atoms with Crippen LogP contribution >= 0.6 is 0 Å². The van der Waals surface area contributed by atoms with E-state index in [4.69, 9.17) is 0 Å². The highest BCUT2D eigenvalue weighted by Gasteiger charge is 2.26. The Kier molecular flexibility index (Phi) is 4.51. The van der Waals surface area contributed by atoms with Crippen LogP contribution in [0.15, 0.2) is 84.0 Å². The SMILES string of the molecule is Cc1c(C(NS(=O)(=O)c2ccccn2)c2ccccc2)[nH]c2ccccc12. The second-order valence-electron chi connectivity index (χ2n) is 6.34. The molecule has 0 amide bonds. The number of aromatic nitrogens is 2. The molecular weight excluding hydrogens is 358 g/mol. The third-order valence-electron chi connectivity index (χ3n) is 4.61. The van der Waals surface area contributed by atoms with Gasteiger partial charge in [-0.3, -0.25) is 0 Å². The third-order valence-corrected chi connectivity index (χ3v) is 5.95. The Bertz CT molecular complexity index is 1170. The number of hydrogen-bond donors (Lipinski definition) is 2. The summed E-state index contributed by atoms with van der Waals surface area (Å²) in [7, 11) is -3.79. The van der Waals surface area contributed by atoms with Crippen molar-refractivity contribution in [1.29, 1.82) is 0 Å². The average molecular weight is 377 g/mol. The maximum absolute atomic E-state index is 12.9. The Morgan fingerprint density at radius 1 is 0.926 bits per heavy atom. The van der Waals surface area contributed by atoms with Crippen LogP contribution < -0.4 is 4.72 Å². The Labute approximate surface area is 158 Å². The molecule has 4 aromatic rings. The van der Waals surface area contributed by atoms with E-state index in [1.807, 2.05) is 61.5 Å². The molecule has 2 heterocycles. The van der Waals surface area contributed by atoms with Gasteiger partial charge < -0.3 is 4.98 Å². The molecule has 0 aliphatic heterocycles. The zero-order chi connectivity index (χ0) is 18.9. The number of para-hydroxylation sites is 1. The molecule has 0 spiro atoms. The number of rotatable bonds is 5. The van der Waals surface area contributed by atoms with E-state index < -0.39 is 16.1 Å². The normalized spacial score (nSPS) is 12.9. The number of fused-ring (bicyclic) bond motifs is 1. The molecule has 6 heteroatoms. The molecule has 4 rings (SSSR count). The summed E-state index contributed by atoms with van der Waals surface area (Å²) in [5.74, 6) is 0. The van der Waals surface area contributed by atoms with Crippen LogP contribution in [0.4, 0.5) is 0 Å². The summed E-state index contributed by atoms with van der Waals surface area (Å²) in [4.78, 5) is 7.38. The number of benzene rings is 2. The second-order valence-corrected chi connectivity index (χ2v) is 8.00. The predicted molar refractivity (Wildman–Crippen MR) is 106 cm³/mol. The first-order chi connectivity index (χ1) is 13.1. The van der Waals surface area contributed by atoms with Gasteiger partial charge in [-0.25, -0.2) is 13.4 Å². The van der Waals surface area contributed by atoms with Gasteiger partial charge in [0, 0.05) is 22.8 Å². The molecule has 0 radical (unpaired) electrons. The van der Waals surface area contributed by atoms with E-state index in [2.05, 4.69) is 14.7 Å². The topological polar surface area (TPSA) is 74.8 Å². The first-order valence-electron chi connectivity index (χ1n) is 8.62. The van der Waals surface area contributed by atoms with Crippen molar-refractivity contribution in [1.82, 2.24) is 14.7 Å². The number of sulfonamides is 1. The highest BCUT2D eigenvalue weighted by Crippen LogP contribution is 2.30. The van der Waals surface area contributed by atoms with Gasteiger partial charge in [0.15, 0.2) is 5.03 Å². The zero-order valence-electron chi connectivity index (χ0n) is 14.8. The lowest BCUT2D eigenvalue weighted by molar-refractivity contribution is 0.566. The minimum Gasteiger partial charge on any atom is -0.357 e. The largest absolute Gasteiger partial charge is 0.357 e. The quantitative estimate of drug-likeness (QED) is 0.553. The zero-order valence-corrected chi connectivity index (χ0v) is 15.6. The van der Waals surface area contributed by atoms with Crippen LogP contribution in [-0.4, -0.2) is 18.4 Å². The van der Waals surface area contributed by atoms with Crippen LogP contribution in [0, 0.1) is 6.92 Å². The predicted octanol–water partition coefficient (Wildman–Crippen LogP) is 3.94. The van der Waals surface area contributed by atoms with Crippen LogP contribution in [0.3, 0.4) is 0 Å². The van der Waals surface area contributed by atoms with E-state index in [0.29, 0.717) is 0 Å². The molecule has 1 atom stereocenters. The highest BCUT2D eigenvalue weighted by atomic mass is 32.2. The van der Waals surface area contributed by atoms with Gasteiger partial charge in [-0.05, 0) is 36.2 Å². The fraction of sp³-hybridized carbons (Fsp3) is 0.0952. The second kappa shape index (κ2) is 6.98. The van der Waals surface area contributed by atoms with Crippen LogP contribution in [0.1, 0.15) is 22.9 Å². The highest BCUT2D eigenvalue weighted by molar-refractivity contribution is 7.89. The van der Waals surface area contributed by atoms with Crippen molar-refractivity contribution in [2.24, 2.45) is 0 Å². The van der Waals surface area contributed by atoms with E-state index in [1.165, 1.54) is 12.3 Å². The van der Waals surface area contributed by atoms with Crippen molar-refractivity contribution in [3.05, 3.63) is 95.8 Å². The Morgan fingerprint density at radius 2 is 1.63 bits per heavy atom. The van der Waals surface area contributed by atoms with Gasteiger partial charge in [-0.15, -0.1) is 0 Å². The molecule has 0 aliphatic rings. The lowest BCUT2D eigenvalue weighted by Gasteiger charge is -2.19. The fourth-order valence-corrected chi connectivity index (χ4v) is 4.39. The first kappa shape index (κ1) is 17.5. The summed E-state index contributed by atoms with van der Waals surface area (Å²) in [6.45, 7) is 2.00. The fourth-order valence-electron chi connectivity index (χ4n) is 3.25. The summed E-state index contributed by atoms with van der Waals surface area (Å²) in [5.41, 5.74) is 3.67. The van der Waals surface area contributed by atoms with Gasteiger partial charge in [-0.2, -0.15) is 4.72 Å². The Balaban J connectivity index is 1.84. The average Bonchev–Trinajstić information content (AvgIpc) is 3.04. The Morgan fingerprint density at radius 3 is 2.33 bits per heavy atom. The van der Waals surface area contributed by atoms with Gasteiger partial charge in [-0.1, -0.05) is 54.6 Å². The molecule has 0 aliphatic carbocycles. The summed E-state index contributed by atoms with van der Waals surface area (Å²) in [6, 6.07) is 21.8. The molecular formula is C21H19N3O2S. The number of nitrogens with one attached hydrogen (secondary N) is 2. The molecule has 0 saturated heterocycles. The maximum Gasteiger partial charge on any atom is 0.258 e. The molecule has 0 bridgehead atoms.